The van der Waals surface area contributed by atoms with Crippen molar-refractivity contribution in [3.8, 4) is 0 Å². The van der Waals surface area contributed by atoms with Crippen LogP contribution < -0.4 is 0 Å². The lowest BCUT2D eigenvalue weighted by atomic mass is 10.2. The van der Waals surface area contributed by atoms with Crippen molar-refractivity contribution in [3.05, 3.63) is 0 Å². The lowest BCUT2D eigenvalue weighted by Gasteiger charge is -2.12. The van der Waals surface area contributed by atoms with Crippen molar-refractivity contribution in [3.63, 3.8) is 0 Å². The Kier molecular flexibility index (Phi) is 16.3. The summed E-state index contributed by atoms with van der Waals surface area (Å²) < 4.78 is 0. The molecule has 0 rings (SSSR count). The summed E-state index contributed by atoms with van der Waals surface area (Å²) in [5.74, 6) is 0. The van der Waals surface area contributed by atoms with E-state index in [1.165, 1.54) is 38.5 Å². The first kappa shape index (κ1) is 18.7. The molecule has 0 aromatic heterocycles. The van der Waals surface area contributed by atoms with Crippen LogP contribution in [0.15, 0.2) is 0 Å². The van der Waals surface area contributed by atoms with E-state index in [0.717, 1.165) is 0 Å². The van der Waals surface area contributed by atoms with Crippen LogP contribution in [0.1, 0.15) is 78.1 Å². The molecule has 0 saturated carbocycles. The van der Waals surface area contributed by atoms with E-state index in [0.29, 0.717) is 18.1 Å². The van der Waals surface area contributed by atoms with Crippen molar-refractivity contribution in [2.24, 2.45) is 0 Å². The Morgan fingerprint density at radius 3 is 1.83 bits per heavy atom. The number of hydrogen-bond acceptors (Lipinski definition) is 0. The topological polar surface area (TPSA) is 0 Å². The van der Waals surface area contributed by atoms with Gasteiger partial charge in [-0.1, -0.05) is 96.7 Å². The van der Waals surface area contributed by atoms with Crippen molar-refractivity contribution >= 4 is 25.9 Å². The Balaban J connectivity index is 3.29. The number of unbranched alkanes of at least 4 members (excludes halogenated alkanes) is 8. The summed E-state index contributed by atoms with van der Waals surface area (Å²) in [5.41, 5.74) is 0. The zero-order chi connectivity index (χ0) is 13.5. The minimum atomic E-state index is -0.0455. The van der Waals surface area contributed by atoms with Crippen LogP contribution in [0.25, 0.3) is 0 Å². The Hall–Kier alpha value is 0.651. The zero-order valence-electron chi connectivity index (χ0n) is 13.5. The van der Waals surface area contributed by atoms with E-state index >= 15 is 0 Å². The smallest absolute Gasteiger partial charge is 0.0125 e. The van der Waals surface area contributed by atoms with Crippen molar-refractivity contribution < 1.29 is 0 Å². The molecule has 0 nitrogen and oxygen atoms in total. The van der Waals surface area contributed by atoms with Gasteiger partial charge in [-0.15, -0.1) is 0 Å². The van der Waals surface area contributed by atoms with E-state index in [-0.39, 0.29) is 7.83 Å². The molecule has 0 fully saturated rings. The second-order valence-electron chi connectivity index (χ2n) is 6.03. The van der Waals surface area contributed by atoms with Gasteiger partial charge in [-0.25, -0.2) is 0 Å². The first-order valence-corrected chi connectivity index (χ1v) is 18.6. The quantitative estimate of drug-likeness (QED) is 0.337. The second kappa shape index (κ2) is 15.7. The van der Waals surface area contributed by atoms with E-state index in [4.69, 9.17) is 0 Å². The zero-order valence-corrected chi connectivity index (χ0v) is 17.5. The van der Waals surface area contributed by atoms with Crippen LogP contribution in [-0.2, 0) is 0 Å². The average molecular weight is 303 g/mol. The van der Waals surface area contributed by atoms with Gasteiger partial charge in [0.2, 0.25) is 0 Å². The highest BCUT2D eigenvalue weighted by Gasteiger charge is 2.08. The summed E-state index contributed by atoms with van der Waals surface area (Å²) in [4.78, 5) is 0. The molecule has 3 heteroatoms. The molecule has 0 spiro atoms. The van der Waals surface area contributed by atoms with Crippen LogP contribution in [0.5, 0.6) is 0 Å². The molecule has 1 unspecified atom stereocenters. The van der Waals surface area contributed by atoms with Gasteiger partial charge in [0.25, 0.3) is 0 Å². The van der Waals surface area contributed by atoms with Gasteiger partial charge in [0.05, 0.1) is 0 Å². The van der Waals surface area contributed by atoms with E-state index in [9.17, 15) is 0 Å². The second-order valence-corrected chi connectivity index (χ2v) is 25.0. The van der Waals surface area contributed by atoms with Gasteiger partial charge in [-0.05, 0) is 0 Å². The van der Waals surface area contributed by atoms with E-state index in [1.54, 1.807) is 37.8 Å². The Bertz CT molecular complexity index is 151. The van der Waals surface area contributed by atoms with Gasteiger partial charge in [0.15, 0.2) is 0 Å². The molecule has 0 aromatic carbocycles. The summed E-state index contributed by atoms with van der Waals surface area (Å²) in [6, 6.07) is 3.48. The summed E-state index contributed by atoms with van der Waals surface area (Å²) in [6.45, 7) is 7.26. The van der Waals surface area contributed by atoms with Gasteiger partial charge in [0, 0.05) is 25.9 Å². The van der Waals surface area contributed by atoms with E-state index in [1.807, 2.05) is 0 Å². The summed E-state index contributed by atoms with van der Waals surface area (Å²) in [5, 5.41) is 0. The molecule has 1 atom stereocenters. The van der Waals surface area contributed by atoms with Crippen molar-refractivity contribution in [1.82, 2.24) is 0 Å². The average Bonchev–Trinajstić information content (AvgIpc) is 2.40. The largest absolute Gasteiger partial charge is 0.0771 e. The molecule has 0 N–H and O–H groups in total. The van der Waals surface area contributed by atoms with Gasteiger partial charge in [0.1, 0.15) is 0 Å². The molecule has 0 saturated heterocycles. The highest BCUT2D eigenvalue weighted by atomic mass is 29.6. The highest BCUT2D eigenvalue weighted by molar-refractivity contribution is 7.39. The van der Waals surface area contributed by atoms with E-state index < -0.39 is 0 Å². The van der Waals surface area contributed by atoms with Crippen LogP contribution in [0, 0.1) is 0 Å². The fourth-order valence-corrected chi connectivity index (χ4v) is 19.9. The lowest BCUT2D eigenvalue weighted by Crippen LogP contribution is -2.28. The van der Waals surface area contributed by atoms with Crippen LogP contribution >= 0.6 is 0 Å². The first-order valence-electron chi connectivity index (χ1n) is 8.85. The summed E-state index contributed by atoms with van der Waals surface area (Å²) in [7, 11) is 0.852. The minimum absolute atomic E-state index is 0.0455. The Morgan fingerprint density at radius 1 is 0.722 bits per heavy atom. The molecule has 0 heterocycles. The molecule has 0 bridgehead atoms. The van der Waals surface area contributed by atoms with Gasteiger partial charge >= 0.3 is 0 Å². The molecule has 0 amide bonds. The van der Waals surface area contributed by atoms with Crippen molar-refractivity contribution in [1.29, 1.82) is 0 Å². The summed E-state index contributed by atoms with van der Waals surface area (Å²) in [6.07, 6.45) is 15.1. The Labute approximate surface area is 123 Å². The molecule has 0 aliphatic carbocycles. The fourth-order valence-electron chi connectivity index (χ4n) is 2.80. The predicted molar refractivity (Wildman–Crippen MR) is 97.2 cm³/mol. The van der Waals surface area contributed by atoms with Gasteiger partial charge in [-0.2, -0.15) is 0 Å². The fraction of sp³-hybridized carbons (Fsp3) is 1.00. The third-order valence-corrected chi connectivity index (χ3v) is 26.8. The van der Waals surface area contributed by atoms with Crippen LogP contribution in [0.4, 0.5) is 0 Å². The maximum absolute atomic E-state index is 2.62. The maximum Gasteiger partial charge on any atom is 0.0125 e. The third-order valence-electron chi connectivity index (χ3n) is 4.26. The molecular weight excluding hydrogens is 264 g/mol. The molecule has 0 aromatic rings. The molecule has 0 radical (unpaired) electrons. The lowest BCUT2D eigenvalue weighted by molar-refractivity contribution is 0.654. The highest BCUT2D eigenvalue weighted by Crippen LogP contribution is 2.09. The van der Waals surface area contributed by atoms with Crippen LogP contribution in [0.2, 0.25) is 18.6 Å². The molecule has 18 heavy (non-hydrogen) atoms. The predicted octanol–water partition coefficient (Wildman–Crippen LogP) is 3.95. The Morgan fingerprint density at radius 2 is 1.28 bits per heavy atom. The molecule has 0 aliphatic rings. The third kappa shape index (κ3) is 13.1. The normalized spacial score (nSPS) is 14.2. The number of hydrogen-bond donors (Lipinski definition) is 0. The van der Waals surface area contributed by atoms with Crippen molar-refractivity contribution in [2.75, 3.05) is 0 Å². The van der Waals surface area contributed by atoms with Crippen molar-refractivity contribution in [2.45, 2.75) is 96.7 Å². The molecule has 110 valence electrons. The van der Waals surface area contributed by atoms with E-state index in [2.05, 4.69) is 20.4 Å². The first-order chi connectivity index (χ1) is 8.85. The SMILES string of the molecule is CCCCCCC[SiH2][SiH](CCCCCCC)[SiH2]C. The summed E-state index contributed by atoms with van der Waals surface area (Å²) >= 11 is 0. The standard InChI is InChI=1S/C15H38Si3/c1-4-6-8-10-12-14-17-18(16-3)15-13-11-9-7-5-2/h18H,4-17H2,1-3H3. The molecule has 0 aliphatic heterocycles. The van der Waals surface area contributed by atoms with Gasteiger partial charge in [-0.3, -0.25) is 0 Å². The molecular formula is C15H38Si3. The minimum Gasteiger partial charge on any atom is -0.0771 e. The number of rotatable bonds is 14. The van der Waals surface area contributed by atoms with Gasteiger partial charge < -0.3 is 0 Å². The maximum atomic E-state index is 2.62. The van der Waals surface area contributed by atoms with Crippen LogP contribution in [-0.4, -0.2) is 25.9 Å². The monoisotopic (exact) mass is 302 g/mol. The van der Waals surface area contributed by atoms with Crippen LogP contribution in [0.3, 0.4) is 0 Å².